The SMILES string of the molecule is CCCCn1c(N)c(N(CCC(C)C)Cc2ccccc2F)c(=O)[nH]c1=O. The van der Waals surface area contributed by atoms with Gasteiger partial charge in [0, 0.05) is 25.2 Å². The molecule has 2 rings (SSSR count). The van der Waals surface area contributed by atoms with Crippen molar-refractivity contribution in [2.45, 2.75) is 53.1 Å². The van der Waals surface area contributed by atoms with Crippen molar-refractivity contribution in [3.8, 4) is 0 Å². The van der Waals surface area contributed by atoms with Crippen molar-refractivity contribution in [1.29, 1.82) is 0 Å². The van der Waals surface area contributed by atoms with E-state index in [0.717, 1.165) is 19.3 Å². The van der Waals surface area contributed by atoms with E-state index in [0.29, 0.717) is 24.6 Å². The van der Waals surface area contributed by atoms with E-state index < -0.39 is 11.2 Å². The lowest BCUT2D eigenvalue weighted by molar-refractivity contribution is 0.556. The topological polar surface area (TPSA) is 84.1 Å². The molecule has 0 aliphatic rings. The Bertz CT molecular complexity index is 873. The van der Waals surface area contributed by atoms with Crippen LogP contribution in [0.3, 0.4) is 0 Å². The fraction of sp³-hybridized carbons (Fsp3) is 0.500. The Morgan fingerprint density at radius 3 is 2.59 bits per heavy atom. The zero-order valence-corrected chi connectivity index (χ0v) is 16.3. The van der Waals surface area contributed by atoms with Gasteiger partial charge >= 0.3 is 5.69 Å². The van der Waals surface area contributed by atoms with Gasteiger partial charge in [-0.3, -0.25) is 14.3 Å². The number of anilines is 2. The van der Waals surface area contributed by atoms with E-state index in [4.69, 9.17) is 5.73 Å². The van der Waals surface area contributed by atoms with Crippen molar-refractivity contribution >= 4 is 11.5 Å². The monoisotopic (exact) mass is 376 g/mol. The van der Waals surface area contributed by atoms with E-state index in [2.05, 4.69) is 18.8 Å². The highest BCUT2D eigenvalue weighted by Crippen LogP contribution is 2.22. The molecule has 0 atom stereocenters. The van der Waals surface area contributed by atoms with Gasteiger partial charge in [0.25, 0.3) is 5.56 Å². The van der Waals surface area contributed by atoms with Gasteiger partial charge in [-0.15, -0.1) is 0 Å². The molecule has 27 heavy (non-hydrogen) atoms. The number of aromatic nitrogens is 2. The molecule has 0 saturated carbocycles. The number of unbranched alkanes of at least 4 members (excludes halogenated alkanes) is 1. The van der Waals surface area contributed by atoms with Crippen LogP contribution in [0.5, 0.6) is 0 Å². The highest BCUT2D eigenvalue weighted by atomic mass is 19.1. The van der Waals surface area contributed by atoms with Gasteiger partial charge in [-0.25, -0.2) is 9.18 Å². The summed E-state index contributed by atoms with van der Waals surface area (Å²) in [5.74, 6) is 0.207. The van der Waals surface area contributed by atoms with Crippen LogP contribution >= 0.6 is 0 Å². The maximum absolute atomic E-state index is 14.2. The van der Waals surface area contributed by atoms with Crippen LogP contribution < -0.4 is 21.9 Å². The molecular weight excluding hydrogens is 347 g/mol. The molecule has 0 radical (unpaired) electrons. The van der Waals surface area contributed by atoms with Gasteiger partial charge in [-0.2, -0.15) is 0 Å². The van der Waals surface area contributed by atoms with E-state index in [1.807, 2.05) is 6.92 Å². The number of nitrogens with one attached hydrogen (secondary N) is 1. The van der Waals surface area contributed by atoms with Gasteiger partial charge in [0.05, 0.1) is 0 Å². The molecule has 0 aliphatic heterocycles. The third-order valence-electron chi connectivity index (χ3n) is 4.56. The first-order chi connectivity index (χ1) is 12.8. The number of halogens is 1. The molecule has 0 amide bonds. The van der Waals surface area contributed by atoms with Crippen molar-refractivity contribution in [1.82, 2.24) is 9.55 Å². The van der Waals surface area contributed by atoms with Gasteiger partial charge in [-0.1, -0.05) is 45.4 Å². The number of hydrogen-bond donors (Lipinski definition) is 2. The van der Waals surface area contributed by atoms with Crippen molar-refractivity contribution < 1.29 is 4.39 Å². The van der Waals surface area contributed by atoms with Gasteiger partial charge in [0.15, 0.2) is 0 Å². The summed E-state index contributed by atoms with van der Waals surface area (Å²) in [7, 11) is 0. The third kappa shape index (κ3) is 5.21. The molecule has 3 N–H and O–H groups in total. The summed E-state index contributed by atoms with van der Waals surface area (Å²) >= 11 is 0. The lowest BCUT2D eigenvalue weighted by Crippen LogP contribution is -2.39. The number of H-pyrrole nitrogens is 1. The predicted molar refractivity (Wildman–Crippen MR) is 108 cm³/mol. The minimum atomic E-state index is -0.537. The molecular formula is C20H29FN4O2. The van der Waals surface area contributed by atoms with E-state index in [-0.39, 0.29) is 23.9 Å². The largest absolute Gasteiger partial charge is 0.383 e. The number of nitrogens with zero attached hydrogens (tertiary/aromatic N) is 2. The molecule has 0 saturated heterocycles. The minimum absolute atomic E-state index is 0.136. The average Bonchev–Trinajstić information content (AvgIpc) is 2.60. The maximum atomic E-state index is 14.2. The first-order valence-corrected chi connectivity index (χ1v) is 9.46. The van der Waals surface area contributed by atoms with Crippen LogP contribution in [0.25, 0.3) is 0 Å². The molecule has 0 bridgehead atoms. The Kier molecular flexibility index (Phi) is 7.21. The summed E-state index contributed by atoms with van der Waals surface area (Å²) in [4.78, 5) is 28.9. The second-order valence-electron chi connectivity index (χ2n) is 7.19. The van der Waals surface area contributed by atoms with Gasteiger partial charge in [-0.05, 0) is 24.8 Å². The Hall–Kier alpha value is -2.57. The molecule has 0 unspecified atom stereocenters. The number of benzene rings is 1. The second-order valence-corrected chi connectivity index (χ2v) is 7.19. The van der Waals surface area contributed by atoms with Crippen LogP contribution in [-0.2, 0) is 13.1 Å². The molecule has 0 aliphatic carbocycles. The Morgan fingerprint density at radius 2 is 1.96 bits per heavy atom. The van der Waals surface area contributed by atoms with Crippen LogP contribution in [0.4, 0.5) is 15.9 Å². The summed E-state index contributed by atoms with van der Waals surface area (Å²) in [6, 6.07) is 6.47. The van der Waals surface area contributed by atoms with E-state index in [1.165, 1.54) is 10.6 Å². The van der Waals surface area contributed by atoms with Gasteiger partial charge in [0.2, 0.25) is 0 Å². The fourth-order valence-electron chi connectivity index (χ4n) is 2.94. The summed E-state index contributed by atoms with van der Waals surface area (Å²) in [5, 5.41) is 0. The van der Waals surface area contributed by atoms with Gasteiger partial charge < -0.3 is 10.6 Å². The molecule has 1 aromatic heterocycles. The van der Waals surface area contributed by atoms with E-state index in [9.17, 15) is 14.0 Å². The van der Waals surface area contributed by atoms with Crippen molar-refractivity contribution in [2.75, 3.05) is 17.2 Å². The van der Waals surface area contributed by atoms with E-state index in [1.54, 1.807) is 23.1 Å². The van der Waals surface area contributed by atoms with Gasteiger partial charge in [0.1, 0.15) is 17.3 Å². The van der Waals surface area contributed by atoms with Crippen LogP contribution in [0, 0.1) is 11.7 Å². The van der Waals surface area contributed by atoms with Crippen LogP contribution in [0.2, 0.25) is 0 Å². The standard InChI is InChI=1S/C20H29FN4O2/c1-4-5-11-25-18(22)17(19(26)23-20(25)27)24(12-10-14(2)3)13-15-8-6-7-9-16(15)21/h6-9,14H,4-5,10-13,22H2,1-3H3,(H,23,26,27). The minimum Gasteiger partial charge on any atom is -0.383 e. The molecule has 0 spiro atoms. The Balaban J connectivity index is 2.49. The van der Waals surface area contributed by atoms with Crippen LogP contribution in [0.1, 0.15) is 45.6 Å². The third-order valence-corrected chi connectivity index (χ3v) is 4.56. The summed E-state index contributed by atoms with van der Waals surface area (Å²) in [6.07, 6.45) is 2.48. The van der Waals surface area contributed by atoms with Crippen LogP contribution in [-0.4, -0.2) is 16.1 Å². The number of aromatic amines is 1. The summed E-state index contributed by atoms with van der Waals surface area (Å²) in [5.41, 5.74) is 5.89. The number of hydrogen-bond acceptors (Lipinski definition) is 4. The normalized spacial score (nSPS) is 11.1. The first kappa shape index (κ1) is 20.7. The average molecular weight is 376 g/mol. The molecule has 1 aromatic carbocycles. The number of nitrogens with two attached hydrogens (primary N) is 1. The highest BCUT2D eigenvalue weighted by Gasteiger charge is 2.20. The van der Waals surface area contributed by atoms with Crippen molar-refractivity contribution in [2.24, 2.45) is 5.92 Å². The number of nitrogen functional groups attached to an aromatic ring is 1. The zero-order chi connectivity index (χ0) is 20.0. The second kappa shape index (κ2) is 9.39. The number of rotatable bonds is 9. The summed E-state index contributed by atoms with van der Waals surface area (Å²) < 4.78 is 15.6. The molecule has 6 nitrogen and oxygen atoms in total. The van der Waals surface area contributed by atoms with Crippen molar-refractivity contribution in [3.05, 3.63) is 56.5 Å². The van der Waals surface area contributed by atoms with Crippen molar-refractivity contribution in [3.63, 3.8) is 0 Å². The fourth-order valence-corrected chi connectivity index (χ4v) is 2.94. The Morgan fingerprint density at radius 1 is 1.26 bits per heavy atom. The lowest BCUT2D eigenvalue weighted by atomic mass is 10.1. The Labute approximate surface area is 158 Å². The molecule has 7 heteroatoms. The lowest BCUT2D eigenvalue weighted by Gasteiger charge is -2.27. The maximum Gasteiger partial charge on any atom is 0.330 e. The molecule has 148 valence electrons. The van der Waals surface area contributed by atoms with Crippen LogP contribution in [0.15, 0.2) is 33.9 Å². The quantitative estimate of drug-likeness (QED) is 0.704. The van der Waals surface area contributed by atoms with E-state index >= 15 is 0 Å². The summed E-state index contributed by atoms with van der Waals surface area (Å²) in [6.45, 7) is 7.35. The highest BCUT2D eigenvalue weighted by molar-refractivity contribution is 5.62. The smallest absolute Gasteiger partial charge is 0.330 e. The predicted octanol–water partition coefficient (Wildman–Crippen LogP) is 3.11. The molecule has 2 aromatic rings. The zero-order valence-electron chi connectivity index (χ0n) is 16.3. The molecule has 1 heterocycles. The first-order valence-electron chi connectivity index (χ1n) is 9.46. The molecule has 0 fully saturated rings.